The molecule has 23 heavy (non-hydrogen) atoms. The fraction of sp³-hybridized carbons (Fsp3) is 0.312. The third-order valence-electron chi connectivity index (χ3n) is 3.94. The van der Waals surface area contributed by atoms with Gasteiger partial charge in [0.25, 0.3) is 0 Å². The number of rotatable bonds is 2. The van der Waals surface area contributed by atoms with E-state index in [1.807, 2.05) is 12.1 Å². The average molecular weight is 314 g/mol. The zero-order valence-electron chi connectivity index (χ0n) is 12.6. The van der Waals surface area contributed by atoms with Gasteiger partial charge < -0.3 is 14.2 Å². The second-order valence-corrected chi connectivity index (χ2v) is 5.44. The molecule has 0 aliphatic carbocycles. The highest BCUT2D eigenvalue weighted by Gasteiger charge is 2.27. The van der Waals surface area contributed by atoms with E-state index in [0.717, 1.165) is 11.1 Å². The minimum atomic E-state index is -0.317. The van der Waals surface area contributed by atoms with Crippen molar-refractivity contribution in [3.63, 3.8) is 0 Å². The Balaban J connectivity index is 1.69. The number of hydrogen-bond acceptors (Lipinski definition) is 6. The summed E-state index contributed by atoms with van der Waals surface area (Å²) in [5.41, 5.74) is 1.31. The lowest BCUT2D eigenvalue weighted by Gasteiger charge is -2.33. The summed E-state index contributed by atoms with van der Waals surface area (Å²) in [4.78, 5) is 10.5. The second kappa shape index (κ2) is 5.58. The summed E-state index contributed by atoms with van der Waals surface area (Å²) in [5, 5.41) is 4.72. The summed E-state index contributed by atoms with van der Waals surface area (Å²) in [6.07, 6.45) is 1.36. The molecule has 4 rings (SSSR count). The number of benzene rings is 1. The Kier molecular flexibility index (Phi) is 3.42. The number of pyridine rings is 1. The fourth-order valence-corrected chi connectivity index (χ4v) is 2.87. The molecule has 0 N–H and O–H groups in total. The van der Waals surface area contributed by atoms with Crippen LogP contribution in [0.2, 0.25) is 0 Å². The number of anilines is 1. The number of nitrogens with zero attached hydrogens (tertiary/aromatic N) is 4. The van der Waals surface area contributed by atoms with Crippen LogP contribution in [-0.4, -0.2) is 34.8 Å². The predicted octanol–water partition coefficient (Wildman–Crippen LogP) is 2.64. The maximum Gasteiger partial charge on any atom is 0.223 e. The van der Waals surface area contributed by atoms with E-state index in [4.69, 9.17) is 9.26 Å². The maximum absolute atomic E-state index is 13.9. The van der Waals surface area contributed by atoms with E-state index in [2.05, 4.69) is 20.0 Å². The number of ether oxygens (including phenoxy) is 1. The number of hydrogen-bond donors (Lipinski definition) is 0. The van der Waals surface area contributed by atoms with E-state index >= 15 is 0 Å². The molecule has 1 aliphatic rings. The highest BCUT2D eigenvalue weighted by molar-refractivity contribution is 5.91. The van der Waals surface area contributed by atoms with Crippen molar-refractivity contribution in [1.29, 1.82) is 0 Å². The van der Waals surface area contributed by atoms with Crippen LogP contribution in [0.4, 0.5) is 10.1 Å². The SMILES string of the molecule is Cc1nc(C2CN(c3ccnc4c(F)cccc34)CCO2)no1. The van der Waals surface area contributed by atoms with Crippen molar-refractivity contribution in [1.82, 2.24) is 15.1 Å². The topological polar surface area (TPSA) is 64.3 Å². The Hall–Kier alpha value is -2.54. The number of fused-ring (bicyclic) bond motifs is 1. The summed E-state index contributed by atoms with van der Waals surface area (Å²) < 4.78 is 24.7. The van der Waals surface area contributed by atoms with Crippen molar-refractivity contribution < 1.29 is 13.7 Å². The Morgan fingerprint density at radius 2 is 2.22 bits per heavy atom. The standard InChI is InChI=1S/C16H15FN4O2/c1-10-19-16(20-23-10)14-9-21(7-8-22-14)13-5-6-18-15-11(13)3-2-4-12(15)17/h2-6,14H,7-9H2,1H3. The van der Waals surface area contributed by atoms with E-state index < -0.39 is 0 Å². The van der Waals surface area contributed by atoms with Gasteiger partial charge in [0.2, 0.25) is 11.7 Å². The van der Waals surface area contributed by atoms with Gasteiger partial charge in [0, 0.05) is 30.7 Å². The summed E-state index contributed by atoms with van der Waals surface area (Å²) in [5.74, 6) is 0.733. The Bertz CT molecular complexity index is 851. The van der Waals surface area contributed by atoms with Crippen LogP contribution < -0.4 is 4.90 Å². The van der Waals surface area contributed by atoms with Crippen LogP contribution in [0.15, 0.2) is 35.0 Å². The second-order valence-electron chi connectivity index (χ2n) is 5.44. The van der Waals surface area contributed by atoms with Gasteiger partial charge in [0.15, 0.2) is 0 Å². The van der Waals surface area contributed by atoms with Gasteiger partial charge in [0.1, 0.15) is 17.4 Å². The first-order chi connectivity index (χ1) is 11.2. The van der Waals surface area contributed by atoms with Crippen LogP contribution in [0.3, 0.4) is 0 Å². The van der Waals surface area contributed by atoms with E-state index in [0.29, 0.717) is 36.9 Å². The summed E-state index contributed by atoms with van der Waals surface area (Å²) >= 11 is 0. The number of morpholine rings is 1. The van der Waals surface area contributed by atoms with Crippen molar-refractivity contribution in [2.75, 3.05) is 24.6 Å². The van der Waals surface area contributed by atoms with Crippen LogP contribution in [0.1, 0.15) is 17.8 Å². The van der Waals surface area contributed by atoms with Crippen molar-refractivity contribution in [2.45, 2.75) is 13.0 Å². The summed E-state index contributed by atoms with van der Waals surface area (Å²) in [6.45, 7) is 3.57. The van der Waals surface area contributed by atoms with Gasteiger partial charge in [-0.3, -0.25) is 4.98 Å². The van der Waals surface area contributed by atoms with Crippen LogP contribution in [-0.2, 0) is 4.74 Å². The zero-order valence-corrected chi connectivity index (χ0v) is 12.6. The Morgan fingerprint density at radius 1 is 1.30 bits per heavy atom. The fourth-order valence-electron chi connectivity index (χ4n) is 2.87. The third kappa shape index (κ3) is 2.53. The van der Waals surface area contributed by atoms with E-state index in [9.17, 15) is 4.39 Å². The smallest absolute Gasteiger partial charge is 0.223 e. The molecule has 0 spiro atoms. The maximum atomic E-state index is 13.9. The molecular formula is C16H15FN4O2. The quantitative estimate of drug-likeness (QED) is 0.724. The Labute approximate surface area is 131 Å². The van der Waals surface area contributed by atoms with Gasteiger partial charge in [-0.1, -0.05) is 17.3 Å². The van der Waals surface area contributed by atoms with E-state index in [-0.39, 0.29) is 11.9 Å². The molecule has 0 amide bonds. The largest absolute Gasteiger partial charge is 0.366 e. The Morgan fingerprint density at radius 3 is 3.04 bits per heavy atom. The monoisotopic (exact) mass is 314 g/mol. The zero-order chi connectivity index (χ0) is 15.8. The molecular weight excluding hydrogens is 299 g/mol. The molecule has 2 aromatic heterocycles. The molecule has 6 nitrogen and oxygen atoms in total. The first-order valence-electron chi connectivity index (χ1n) is 7.42. The summed E-state index contributed by atoms with van der Waals surface area (Å²) in [7, 11) is 0. The molecule has 1 aromatic carbocycles. The molecule has 0 radical (unpaired) electrons. The number of halogens is 1. The first kappa shape index (κ1) is 14.1. The normalized spacial score (nSPS) is 18.5. The minimum absolute atomic E-state index is 0.266. The van der Waals surface area contributed by atoms with Gasteiger partial charge >= 0.3 is 0 Å². The van der Waals surface area contributed by atoms with Crippen molar-refractivity contribution in [3.8, 4) is 0 Å². The van der Waals surface area contributed by atoms with E-state index in [1.165, 1.54) is 6.07 Å². The van der Waals surface area contributed by atoms with Gasteiger partial charge in [0.05, 0.1) is 13.2 Å². The predicted molar refractivity (Wildman–Crippen MR) is 81.6 cm³/mol. The van der Waals surface area contributed by atoms with Crippen LogP contribution in [0.25, 0.3) is 10.9 Å². The number of aryl methyl sites for hydroxylation is 1. The lowest BCUT2D eigenvalue weighted by molar-refractivity contribution is 0.0327. The first-order valence-corrected chi connectivity index (χ1v) is 7.42. The molecule has 3 heterocycles. The van der Waals surface area contributed by atoms with Crippen molar-refractivity contribution in [3.05, 3.63) is 48.0 Å². The molecule has 1 fully saturated rings. The molecule has 1 saturated heterocycles. The van der Waals surface area contributed by atoms with Crippen molar-refractivity contribution >= 4 is 16.6 Å². The highest BCUT2D eigenvalue weighted by Crippen LogP contribution is 2.30. The highest BCUT2D eigenvalue weighted by atomic mass is 19.1. The molecule has 118 valence electrons. The molecule has 7 heteroatoms. The number of aromatic nitrogens is 3. The van der Waals surface area contributed by atoms with Gasteiger partial charge in [-0.2, -0.15) is 4.98 Å². The van der Waals surface area contributed by atoms with Gasteiger partial charge in [-0.25, -0.2) is 4.39 Å². The lowest BCUT2D eigenvalue weighted by Crippen LogP contribution is -2.38. The van der Waals surface area contributed by atoms with E-state index in [1.54, 1.807) is 19.2 Å². The average Bonchev–Trinajstić information content (AvgIpc) is 3.02. The molecule has 0 saturated carbocycles. The van der Waals surface area contributed by atoms with Crippen LogP contribution in [0.5, 0.6) is 0 Å². The summed E-state index contributed by atoms with van der Waals surface area (Å²) in [6, 6.07) is 6.89. The van der Waals surface area contributed by atoms with Crippen molar-refractivity contribution in [2.24, 2.45) is 0 Å². The molecule has 0 bridgehead atoms. The number of para-hydroxylation sites is 1. The molecule has 1 atom stereocenters. The minimum Gasteiger partial charge on any atom is -0.366 e. The van der Waals surface area contributed by atoms with Gasteiger partial charge in [-0.15, -0.1) is 0 Å². The van der Waals surface area contributed by atoms with Crippen LogP contribution >= 0.6 is 0 Å². The molecule has 1 aliphatic heterocycles. The molecule has 3 aromatic rings. The van der Waals surface area contributed by atoms with Crippen LogP contribution in [0, 0.1) is 12.7 Å². The van der Waals surface area contributed by atoms with Gasteiger partial charge in [-0.05, 0) is 12.1 Å². The lowest BCUT2D eigenvalue weighted by atomic mass is 10.1. The third-order valence-corrected chi connectivity index (χ3v) is 3.94. The molecule has 1 unspecified atom stereocenters.